The maximum atomic E-state index is 6.71. The van der Waals surface area contributed by atoms with Crippen LogP contribution in [-0.2, 0) is 5.41 Å². The van der Waals surface area contributed by atoms with E-state index in [1.807, 2.05) is 6.07 Å². The molecule has 1 spiro atoms. The second-order valence-corrected chi connectivity index (χ2v) is 26.1. The summed E-state index contributed by atoms with van der Waals surface area (Å²) in [6, 6.07) is 118. The molecule has 448 valence electrons. The Hall–Kier alpha value is -12.4. The lowest BCUT2D eigenvalue weighted by Gasteiger charge is -2.32. The second kappa shape index (κ2) is 20.3. The molecule has 21 rings (SSSR count). The van der Waals surface area contributed by atoms with Crippen LogP contribution in [0.1, 0.15) is 35.1 Å². The van der Waals surface area contributed by atoms with Crippen LogP contribution in [0.2, 0.25) is 0 Å². The quantitative estimate of drug-likeness (QED) is 0.152. The highest BCUT2D eigenvalue weighted by Crippen LogP contribution is 2.64. The summed E-state index contributed by atoms with van der Waals surface area (Å²) in [4.78, 5) is 2.40. The van der Waals surface area contributed by atoms with Gasteiger partial charge in [0.2, 0.25) is 0 Å². The molecule has 4 aromatic heterocycles. The topological polar surface area (TPSA) is 31.2 Å². The number of benzene rings is 14. The van der Waals surface area contributed by atoms with Gasteiger partial charge in [0.05, 0.1) is 38.7 Å². The largest absolute Gasteiger partial charge is 0.454 e. The molecule has 1 unspecified atom stereocenters. The number of para-hydroxylation sites is 7. The number of rotatable bonds is 8. The first-order valence-electron chi connectivity index (χ1n) is 33.4. The minimum absolute atomic E-state index is 0.594. The SMILES string of the molecule is C1=c2c(n(-c3cc(-c4ccc5c(c4)c4ccccc4n5-c4ccc5c(c4)C4(c6ccccc6-c6ccc(N(c7ccccc7)c7ccccc7)cc64)c4ccccc4-5)cc(-c4ccc5c(c4)c4ccccc4n5-c4cccc5c4oc4ccccc45)c3)c3ccccc23)=CCC1. The normalized spacial score (nSPS) is 14.4. The zero-order valence-corrected chi connectivity index (χ0v) is 52.3. The van der Waals surface area contributed by atoms with Crippen molar-refractivity contribution in [1.29, 1.82) is 0 Å². The molecule has 0 saturated heterocycles. The van der Waals surface area contributed by atoms with Gasteiger partial charge in [0, 0.05) is 76.7 Å². The van der Waals surface area contributed by atoms with Crippen molar-refractivity contribution in [3.8, 4) is 61.6 Å². The van der Waals surface area contributed by atoms with Crippen LogP contribution in [0.25, 0.3) is 150 Å². The van der Waals surface area contributed by atoms with Gasteiger partial charge in [-0.05, 0) is 201 Å². The van der Waals surface area contributed by atoms with Gasteiger partial charge in [0.25, 0.3) is 0 Å². The van der Waals surface area contributed by atoms with Crippen LogP contribution in [0.3, 0.4) is 0 Å². The molecule has 0 amide bonds. The Kier molecular flexibility index (Phi) is 11.2. The van der Waals surface area contributed by atoms with Gasteiger partial charge in [0.1, 0.15) is 5.58 Å². The second-order valence-electron chi connectivity index (χ2n) is 26.1. The average Bonchev–Trinajstić information content (AvgIpc) is 1.51. The van der Waals surface area contributed by atoms with Crippen molar-refractivity contribution in [2.75, 3.05) is 4.90 Å². The van der Waals surface area contributed by atoms with Crippen molar-refractivity contribution in [2.45, 2.75) is 18.3 Å². The van der Waals surface area contributed by atoms with Crippen LogP contribution in [0.15, 0.2) is 320 Å². The maximum Gasteiger partial charge on any atom is 0.159 e. The number of furan rings is 1. The molecule has 96 heavy (non-hydrogen) atoms. The molecule has 1 atom stereocenters. The highest BCUT2D eigenvalue weighted by atomic mass is 16.3. The molecule has 0 aliphatic heterocycles. The fraction of sp³-hybridized carbons (Fsp3) is 0.0330. The van der Waals surface area contributed by atoms with Crippen LogP contribution in [0.4, 0.5) is 17.1 Å². The van der Waals surface area contributed by atoms with Gasteiger partial charge in [-0.15, -0.1) is 0 Å². The van der Waals surface area contributed by atoms with Crippen molar-refractivity contribution in [3.05, 3.63) is 348 Å². The van der Waals surface area contributed by atoms with Gasteiger partial charge >= 0.3 is 0 Å². The van der Waals surface area contributed by atoms with Crippen LogP contribution < -0.4 is 15.5 Å². The van der Waals surface area contributed by atoms with E-state index in [1.165, 1.54) is 93.0 Å². The van der Waals surface area contributed by atoms with E-state index in [0.29, 0.717) is 0 Å². The number of hydrogen-bond donors (Lipinski definition) is 0. The molecule has 5 nitrogen and oxygen atoms in total. The molecule has 14 aromatic carbocycles. The third kappa shape index (κ3) is 7.45. The van der Waals surface area contributed by atoms with E-state index in [4.69, 9.17) is 4.42 Å². The number of hydrogen-bond acceptors (Lipinski definition) is 2. The molecular weight excluding hydrogens is 1170 g/mol. The smallest absolute Gasteiger partial charge is 0.159 e. The highest BCUT2D eigenvalue weighted by molar-refractivity contribution is 6.14. The summed E-state index contributed by atoms with van der Waals surface area (Å²) in [6.45, 7) is 0. The summed E-state index contributed by atoms with van der Waals surface area (Å²) in [5.41, 5.74) is 28.5. The van der Waals surface area contributed by atoms with Crippen molar-refractivity contribution >= 4 is 106 Å². The minimum Gasteiger partial charge on any atom is -0.454 e. The summed E-state index contributed by atoms with van der Waals surface area (Å²) >= 11 is 0. The van der Waals surface area contributed by atoms with E-state index in [2.05, 4.69) is 340 Å². The number of anilines is 3. The highest BCUT2D eigenvalue weighted by Gasteiger charge is 2.52. The first-order chi connectivity index (χ1) is 47.6. The molecule has 5 heteroatoms. The van der Waals surface area contributed by atoms with Gasteiger partial charge < -0.3 is 23.0 Å². The predicted molar refractivity (Wildman–Crippen MR) is 398 cm³/mol. The zero-order valence-electron chi connectivity index (χ0n) is 52.3. The van der Waals surface area contributed by atoms with Crippen molar-refractivity contribution in [2.24, 2.45) is 0 Å². The summed E-state index contributed by atoms with van der Waals surface area (Å²) in [5, 5.41) is 10.9. The van der Waals surface area contributed by atoms with Gasteiger partial charge in [0.15, 0.2) is 5.58 Å². The Bertz CT molecular complexity index is 6420. The number of nitrogens with zero attached hydrogens (tertiary/aromatic N) is 4. The standard InChI is InChI=1S/C91H58N4O/c1-3-22-61(23-4-1)92(62-24-5-2-6-25-62)63-44-46-68-66-26-7-14-34-78(66)91(80(68)55-63)79-35-15-8-27-67(79)69-47-45-64(56-81(69)91)93-84-38-18-11-30-72(84)76-53-57(42-48-86(76)93)59-50-60(52-65(51-59)94-82-36-16-9-28-70(82)71-29-10-17-37-83(71)94)58-43-49-87-77(54-58)73-31-12-19-39-85(73)95(87)88-40-21-33-75-74-32-13-20-41-89(74)96-90(75)88/h1-9,11-16,18-56H,10,17H2. The molecule has 4 heterocycles. The Morgan fingerprint density at radius 1 is 0.292 bits per heavy atom. The molecule has 0 saturated carbocycles. The lowest BCUT2D eigenvalue weighted by Crippen LogP contribution is -2.30. The van der Waals surface area contributed by atoms with Crippen molar-refractivity contribution < 1.29 is 4.42 Å². The third-order valence-electron chi connectivity index (χ3n) is 21.2. The van der Waals surface area contributed by atoms with Gasteiger partial charge in [-0.2, -0.15) is 0 Å². The zero-order chi connectivity index (χ0) is 62.7. The number of fused-ring (bicyclic) bond motifs is 22. The molecule has 0 bridgehead atoms. The minimum atomic E-state index is -0.594. The fourth-order valence-electron chi connectivity index (χ4n) is 17.2. The predicted octanol–water partition coefficient (Wildman–Crippen LogP) is 22.2. The molecule has 3 aliphatic carbocycles. The summed E-state index contributed by atoms with van der Waals surface area (Å²) in [5.74, 6) is 0. The monoisotopic (exact) mass is 1220 g/mol. The molecule has 0 N–H and O–H groups in total. The van der Waals surface area contributed by atoms with E-state index in [0.717, 1.165) is 108 Å². The van der Waals surface area contributed by atoms with Gasteiger partial charge in [-0.1, -0.05) is 206 Å². The third-order valence-corrected chi connectivity index (χ3v) is 21.2. The van der Waals surface area contributed by atoms with Crippen LogP contribution >= 0.6 is 0 Å². The van der Waals surface area contributed by atoms with Crippen LogP contribution in [0.5, 0.6) is 0 Å². The summed E-state index contributed by atoms with van der Waals surface area (Å²) < 4.78 is 14.1. The first-order valence-corrected chi connectivity index (χ1v) is 33.4. The molecule has 0 fully saturated rings. The van der Waals surface area contributed by atoms with Gasteiger partial charge in [-0.25, -0.2) is 0 Å². The van der Waals surface area contributed by atoms with Gasteiger partial charge in [-0.3, -0.25) is 0 Å². The molecule has 18 aromatic rings. The lowest BCUT2D eigenvalue weighted by atomic mass is 9.70. The lowest BCUT2D eigenvalue weighted by molar-refractivity contribution is 0.666. The van der Waals surface area contributed by atoms with E-state index < -0.39 is 5.41 Å². The van der Waals surface area contributed by atoms with Crippen molar-refractivity contribution in [3.63, 3.8) is 0 Å². The van der Waals surface area contributed by atoms with E-state index in [1.54, 1.807) is 0 Å². The van der Waals surface area contributed by atoms with Crippen LogP contribution in [-0.4, -0.2) is 13.7 Å². The van der Waals surface area contributed by atoms with E-state index >= 15 is 0 Å². The Morgan fingerprint density at radius 2 is 0.802 bits per heavy atom. The summed E-state index contributed by atoms with van der Waals surface area (Å²) in [6.07, 6.45) is 6.91. The fourth-order valence-corrected chi connectivity index (χ4v) is 17.2. The Balaban J connectivity index is 0.752. The molecule has 3 aliphatic rings. The number of aromatic nitrogens is 3. The maximum absolute atomic E-state index is 6.71. The Labute approximate surface area is 553 Å². The van der Waals surface area contributed by atoms with Crippen molar-refractivity contribution in [1.82, 2.24) is 13.7 Å². The summed E-state index contributed by atoms with van der Waals surface area (Å²) in [7, 11) is 0. The average molecular weight is 1220 g/mol. The molecular formula is C91H58N4O. The van der Waals surface area contributed by atoms with E-state index in [9.17, 15) is 0 Å². The Morgan fingerprint density at radius 3 is 1.48 bits per heavy atom. The first kappa shape index (κ1) is 53.1. The molecule has 0 radical (unpaired) electrons. The van der Waals surface area contributed by atoms with Crippen LogP contribution in [0, 0.1) is 0 Å². The van der Waals surface area contributed by atoms with E-state index in [-0.39, 0.29) is 0 Å².